The van der Waals surface area contributed by atoms with Crippen molar-refractivity contribution in [2.45, 2.75) is 57.3 Å². The summed E-state index contributed by atoms with van der Waals surface area (Å²) in [5.74, 6) is 2.63. The molecule has 1 N–H and O–H groups in total. The Kier molecular flexibility index (Phi) is 4.85. The average Bonchev–Trinajstić information content (AvgIpc) is 2.67. The number of phenolic OH excluding ortho intramolecular Hbond substituents is 1. The summed E-state index contributed by atoms with van der Waals surface area (Å²) < 4.78 is 4.76. The maximum atomic E-state index is 11.6. The van der Waals surface area contributed by atoms with E-state index in [0.717, 1.165) is 45.6 Å². The van der Waals surface area contributed by atoms with Gasteiger partial charge in [-0.3, -0.25) is 4.79 Å². The molecule has 3 nitrogen and oxygen atoms in total. The summed E-state index contributed by atoms with van der Waals surface area (Å²) in [4.78, 5) is 11.6. The second kappa shape index (κ2) is 7.30. The van der Waals surface area contributed by atoms with Gasteiger partial charge in [-0.2, -0.15) is 0 Å². The van der Waals surface area contributed by atoms with Crippen LogP contribution in [0.1, 0.15) is 55.2 Å². The molecule has 4 aliphatic rings. The van der Waals surface area contributed by atoms with Gasteiger partial charge in [-0.1, -0.05) is 23.7 Å². The molecule has 30 heavy (non-hydrogen) atoms. The molecule has 4 saturated carbocycles. The van der Waals surface area contributed by atoms with Gasteiger partial charge >= 0.3 is 5.97 Å². The molecule has 0 spiro atoms. The van der Waals surface area contributed by atoms with Crippen LogP contribution in [0.15, 0.2) is 30.3 Å². The van der Waals surface area contributed by atoms with Crippen molar-refractivity contribution in [1.82, 2.24) is 0 Å². The number of phenols is 1. The summed E-state index contributed by atoms with van der Waals surface area (Å²) >= 11 is 6.66. The van der Waals surface area contributed by atoms with E-state index in [0.29, 0.717) is 10.8 Å². The minimum Gasteiger partial charge on any atom is -0.508 e. The maximum absolute atomic E-state index is 11.6. The Morgan fingerprint density at radius 3 is 2.27 bits per heavy atom. The quantitative estimate of drug-likeness (QED) is 0.594. The molecule has 0 atom stereocenters. The largest absolute Gasteiger partial charge is 0.508 e. The lowest BCUT2D eigenvalue weighted by Crippen LogP contribution is -2.48. The number of ether oxygens (including phenoxy) is 1. The van der Waals surface area contributed by atoms with E-state index in [1.807, 2.05) is 31.2 Å². The number of halogens is 1. The first-order valence-electron chi connectivity index (χ1n) is 11.1. The number of hydrogen-bond donors (Lipinski definition) is 1. The van der Waals surface area contributed by atoms with E-state index in [1.54, 1.807) is 0 Å². The maximum Gasteiger partial charge on any atom is 0.309 e. The number of aromatic hydroxyl groups is 1. The SMILES string of the molecule is COC(=O)Cc1ccc(-c2cc(C34CC5CC(CC(C5)C3)C4)c(O)cc2C)c(Cl)c1. The third-order valence-electron chi connectivity index (χ3n) is 7.85. The predicted molar refractivity (Wildman–Crippen MR) is 119 cm³/mol. The lowest BCUT2D eigenvalue weighted by molar-refractivity contribution is -0.139. The third kappa shape index (κ3) is 3.32. The Morgan fingerprint density at radius 1 is 1.07 bits per heavy atom. The van der Waals surface area contributed by atoms with Crippen LogP contribution in [0.25, 0.3) is 11.1 Å². The van der Waals surface area contributed by atoms with Crippen LogP contribution in [0.4, 0.5) is 0 Å². The summed E-state index contributed by atoms with van der Waals surface area (Å²) in [6.07, 6.45) is 7.98. The second-order valence-electron chi connectivity index (χ2n) is 9.95. The molecular weight excluding hydrogens is 396 g/mol. The zero-order chi connectivity index (χ0) is 21.0. The highest BCUT2D eigenvalue weighted by Gasteiger charge is 2.52. The molecule has 4 bridgehead atoms. The Balaban J connectivity index is 1.54. The van der Waals surface area contributed by atoms with E-state index in [1.165, 1.54) is 45.6 Å². The van der Waals surface area contributed by atoms with Gasteiger partial charge in [0.1, 0.15) is 5.75 Å². The van der Waals surface area contributed by atoms with Gasteiger partial charge in [0.25, 0.3) is 0 Å². The summed E-state index contributed by atoms with van der Waals surface area (Å²) in [6.45, 7) is 2.03. The Labute approximate surface area is 183 Å². The van der Waals surface area contributed by atoms with Crippen molar-refractivity contribution in [3.63, 3.8) is 0 Å². The van der Waals surface area contributed by atoms with Gasteiger partial charge < -0.3 is 9.84 Å². The van der Waals surface area contributed by atoms with Crippen molar-refractivity contribution in [2.75, 3.05) is 7.11 Å². The minimum atomic E-state index is -0.274. The number of methoxy groups -OCH3 is 1. The van der Waals surface area contributed by atoms with Gasteiger partial charge in [-0.05, 0) is 104 Å². The van der Waals surface area contributed by atoms with Gasteiger partial charge in [0.2, 0.25) is 0 Å². The van der Waals surface area contributed by atoms with Crippen molar-refractivity contribution in [1.29, 1.82) is 0 Å². The van der Waals surface area contributed by atoms with Crippen LogP contribution >= 0.6 is 11.6 Å². The molecule has 0 amide bonds. The fraction of sp³-hybridized carbons (Fsp3) is 0.500. The van der Waals surface area contributed by atoms with Crippen molar-refractivity contribution in [2.24, 2.45) is 17.8 Å². The lowest BCUT2D eigenvalue weighted by atomic mass is 9.48. The zero-order valence-corrected chi connectivity index (χ0v) is 18.5. The van der Waals surface area contributed by atoms with E-state index in [-0.39, 0.29) is 17.8 Å². The highest BCUT2D eigenvalue weighted by atomic mass is 35.5. The molecular formula is C26H29ClO3. The standard InChI is InChI=1S/C26H29ClO3/c1-15-5-24(28)22(26-12-17-6-18(13-26)8-19(7-17)14-26)11-21(15)20-4-3-16(9-23(20)27)10-25(29)30-2/h3-5,9,11,17-19,28H,6-8,10,12-14H2,1-2H3. The molecule has 0 radical (unpaired) electrons. The Hall–Kier alpha value is -2.00. The molecule has 0 saturated heterocycles. The highest BCUT2D eigenvalue weighted by Crippen LogP contribution is 2.62. The molecule has 4 heteroatoms. The smallest absolute Gasteiger partial charge is 0.309 e. The minimum absolute atomic E-state index is 0.124. The number of carbonyl (C=O) groups excluding carboxylic acids is 1. The number of carbonyl (C=O) groups is 1. The summed E-state index contributed by atoms with van der Waals surface area (Å²) in [5, 5.41) is 11.6. The molecule has 6 rings (SSSR count). The van der Waals surface area contributed by atoms with Crippen LogP contribution < -0.4 is 0 Å². The number of hydrogen-bond acceptors (Lipinski definition) is 3. The predicted octanol–water partition coefficient (Wildman–Crippen LogP) is 6.20. The van der Waals surface area contributed by atoms with Crippen molar-refractivity contribution in [3.05, 3.63) is 52.0 Å². The molecule has 158 valence electrons. The van der Waals surface area contributed by atoms with Crippen molar-refractivity contribution < 1.29 is 14.6 Å². The first-order chi connectivity index (χ1) is 14.4. The van der Waals surface area contributed by atoms with Gasteiger partial charge in [0.15, 0.2) is 0 Å². The number of aryl methyl sites for hydroxylation is 1. The van der Waals surface area contributed by atoms with E-state index in [2.05, 4.69) is 6.07 Å². The topological polar surface area (TPSA) is 46.5 Å². The number of esters is 1. The molecule has 4 fully saturated rings. The first kappa shape index (κ1) is 19.9. The molecule has 4 aliphatic carbocycles. The van der Waals surface area contributed by atoms with E-state index >= 15 is 0 Å². The van der Waals surface area contributed by atoms with Gasteiger partial charge in [0, 0.05) is 16.1 Å². The van der Waals surface area contributed by atoms with E-state index in [4.69, 9.17) is 16.3 Å². The second-order valence-corrected chi connectivity index (χ2v) is 10.4. The fourth-order valence-corrected chi connectivity index (χ4v) is 7.28. The van der Waals surface area contributed by atoms with Crippen LogP contribution in [0, 0.1) is 24.7 Å². The molecule has 2 aromatic carbocycles. The fourth-order valence-electron chi connectivity index (χ4n) is 6.97. The third-order valence-corrected chi connectivity index (χ3v) is 8.16. The molecule has 2 aromatic rings. The van der Waals surface area contributed by atoms with Crippen LogP contribution in [-0.2, 0) is 21.4 Å². The van der Waals surface area contributed by atoms with Crippen LogP contribution in [0.5, 0.6) is 5.75 Å². The van der Waals surface area contributed by atoms with Crippen molar-refractivity contribution in [3.8, 4) is 16.9 Å². The van der Waals surface area contributed by atoms with Crippen molar-refractivity contribution >= 4 is 17.6 Å². The van der Waals surface area contributed by atoms with Crippen LogP contribution in [0.3, 0.4) is 0 Å². The van der Waals surface area contributed by atoms with Gasteiger partial charge in [0.05, 0.1) is 13.5 Å². The highest BCUT2D eigenvalue weighted by molar-refractivity contribution is 6.33. The molecule has 0 heterocycles. The van der Waals surface area contributed by atoms with E-state index < -0.39 is 0 Å². The molecule has 0 aliphatic heterocycles. The van der Waals surface area contributed by atoms with Gasteiger partial charge in [-0.15, -0.1) is 0 Å². The average molecular weight is 425 g/mol. The van der Waals surface area contributed by atoms with E-state index in [9.17, 15) is 9.90 Å². The monoisotopic (exact) mass is 424 g/mol. The molecule has 0 unspecified atom stereocenters. The van der Waals surface area contributed by atoms with Crippen LogP contribution in [-0.4, -0.2) is 18.2 Å². The summed E-state index contributed by atoms with van der Waals surface area (Å²) in [7, 11) is 1.39. The number of benzene rings is 2. The zero-order valence-electron chi connectivity index (χ0n) is 17.7. The summed E-state index contributed by atoms with van der Waals surface area (Å²) in [6, 6.07) is 9.91. The lowest BCUT2D eigenvalue weighted by Gasteiger charge is -2.57. The Bertz CT molecular complexity index is 974. The first-order valence-corrected chi connectivity index (χ1v) is 11.4. The molecule has 0 aromatic heterocycles. The summed E-state index contributed by atoms with van der Waals surface area (Å²) in [5.41, 5.74) is 5.13. The Morgan fingerprint density at radius 2 is 1.70 bits per heavy atom. The normalized spacial score (nSPS) is 29.2. The number of rotatable bonds is 4. The van der Waals surface area contributed by atoms with Crippen LogP contribution in [0.2, 0.25) is 5.02 Å². The van der Waals surface area contributed by atoms with Gasteiger partial charge in [-0.25, -0.2) is 0 Å².